The fourth-order valence-corrected chi connectivity index (χ4v) is 1.37. The molecule has 0 heterocycles. The number of rotatable bonds is 3. The zero-order valence-corrected chi connectivity index (χ0v) is 9.08. The Balaban J connectivity index is 2.94. The molecule has 0 aliphatic heterocycles. The van der Waals surface area contributed by atoms with E-state index in [2.05, 4.69) is 25.8 Å². The van der Waals surface area contributed by atoms with Crippen LogP contribution in [-0.2, 0) is 16.0 Å². The van der Waals surface area contributed by atoms with Gasteiger partial charge in [0.2, 0.25) is 0 Å². The topological polar surface area (TPSA) is 55.7 Å². The maximum absolute atomic E-state index is 11.0. The first-order chi connectivity index (χ1) is 6.67. The molecule has 1 rings (SSSR count). The average molecular weight is 258 g/mol. The molecular formula is C9H8BrNO3. The summed E-state index contributed by atoms with van der Waals surface area (Å²) in [4.78, 5) is 21.2. The smallest absolute Gasteiger partial charge is 0.310 e. The van der Waals surface area contributed by atoms with Crippen LogP contribution in [0, 0.1) is 4.91 Å². The molecule has 1 aromatic carbocycles. The largest absolute Gasteiger partial charge is 0.469 e. The van der Waals surface area contributed by atoms with Gasteiger partial charge in [0.25, 0.3) is 0 Å². The Morgan fingerprint density at radius 3 is 2.86 bits per heavy atom. The molecule has 0 spiro atoms. The highest BCUT2D eigenvalue weighted by molar-refractivity contribution is 9.10. The monoisotopic (exact) mass is 257 g/mol. The molecule has 0 N–H and O–H groups in total. The fourth-order valence-electron chi connectivity index (χ4n) is 0.981. The van der Waals surface area contributed by atoms with Crippen molar-refractivity contribution < 1.29 is 9.53 Å². The second-order valence-corrected chi connectivity index (χ2v) is 3.47. The molecule has 74 valence electrons. The van der Waals surface area contributed by atoms with Crippen LogP contribution in [0.1, 0.15) is 5.56 Å². The van der Waals surface area contributed by atoms with E-state index in [1.807, 2.05) is 0 Å². The van der Waals surface area contributed by atoms with Gasteiger partial charge in [-0.25, -0.2) is 0 Å². The van der Waals surface area contributed by atoms with E-state index in [1.165, 1.54) is 7.11 Å². The molecule has 0 aliphatic rings. The quantitative estimate of drug-likeness (QED) is 0.618. The highest BCUT2D eigenvalue weighted by atomic mass is 79.9. The number of hydrogen-bond acceptors (Lipinski definition) is 4. The van der Waals surface area contributed by atoms with Gasteiger partial charge in [0.1, 0.15) is 5.69 Å². The van der Waals surface area contributed by atoms with Crippen LogP contribution in [0.5, 0.6) is 0 Å². The minimum atomic E-state index is -0.353. The molecule has 0 saturated heterocycles. The van der Waals surface area contributed by atoms with E-state index in [1.54, 1.807) is 18.2 Å². The number of hydrogen-bond donors (Lipinski definition) is 0. The second kappa shape index (κ2) is 4.85. The number of nitrogens with zero attached hydrogens (tertiary/aromatic N) is 1. The third-order valence-electron chi connectivity index (χ3n) is 1.70. The molecule has 1 aromatic rings. The SMILES string of the molecule is COC(=O)Cc1cc(N=O)ccc1Br. The lowest BCUT2D eigenvalue weighted by atomic mass is 10.1. The van der Waals surface area contributed by atoms with Crippen molar-refractivity contribution in [1.29, 1.82) is 0 Å². The molecule has 0 aliphatic carbocycles. The summed E-state index contributed by atoms with van der Waals surface area (Å²) in [7, 11) is 1.32. The Morgan fingerprint density at radius 1 is 1.57 bits per heavy atom. The molecular weight excluding hydrogens is 250 g/mol. The van der Waals surface area contributed by atoms with Crippen molar-refractivity contribution in [2.45, 2.75) is 6.42 Å². The summed E-state index contributed by atoms with van der Waals surface area (Å²) >= 11 is 3.27. The molecule has 5 heteroatoms. The van der Waals surface area contributed by atoms with Gasteiger partial charge < -0.3 is 4.74 Å². The number of methoxy groups -OCH3 is 1. The minimum absolute atomic E-state index is 0.125. The Kier molecular flexibility index (Phi) is 3.76. The standard InChI is InChI=1S/C9H8BrNO3/c1-14-9(12)5-6-4-7(11-13)2-3-8(6)10/h2-4H,5H2,1H3. The van der Waals surface area contributed by atoms with Crippen LogP contribution in [0.2, 0.25) is 0 Å². The van der Waals surface area contributed by atoms with E-state index >= 15 is 0 Å². The van der Waals surface area contributed by atoms with E-state index in [9.17, 15) is 9.70 Å². The lowest BCUT2D eigenvalue weighted by Gasteiger charge is -2.02. The summed E-state index contributed by atoms with van der Waals surface area (Å²) in [6.07, 6.45) is 0.125. The molecule has 0 bridgehead atoms. The Labute approximate surface area is 89.4 Å². The van der Waals surface area contributed by atoms with Crippen LogP contribution < -0.4 is 0 Å². The third kappa shape index (κ3) is 2.63. The zero-order valence-electron chi connectivity index (χ0n) is 7.49. The lowest BCUT2D eigenvalue weighted by molar-refractivity contribution is -0.139. The molecule has 0 saturated carbocycles. The number of carbonyl (C=O) groups excluding carboxylic acids is 1. The molecule has 0 unspecified atom stereocenters. The number of ether oxygens (including phenoxy) is 1. The summed E-state index contributed by atoms with van der Waals surface area (Å²) in [6.45, 7) is 0. The minimum Gasteiger partial charge on any atom is -0.469 e. The first kappa shape index (κ1) is 10.8. The predicted octanol–water partition coefficient (Wildman–Crippen LogP) is 2.56. The van der Waals surface area contributed by atoms with Gasteiger partial charge in [-0.15, -0.1) is 4.91 Å². The normalized spacial score (nSPS) is 9.57. The van der Waals surface area contributed by atoms with Crippen LogP contribution in [0.3, 0.4) is 0 Å². The van der Waals surface area contributed by atoms with Gasteiger partial charge in [-0.3, -0.25) is 4.79 Å². The number of esters is 1. The summed E-state index contributed by atoms with van der Waals surface area (Å²) in [5, 5.41) is 2.78. The van der Waals surface area contributed by atoms with E-state index in [0.717, 1.165) is 4.47 Å². The third-order valence-corrected chi connectivity index (χ3v) is 2.47. The number of benzene rings is 1. The van der Waals surface area contributed by atoms with E-state index in [4.69, 9.17) is 0 Å². The van der Waals surface area contributed by atoms with Crippen LogP contribution in [0.25, 0.3) is 0 Å². The van der Waals surface area contributed by atoms with Gasteiger partial charge in [-0.2, -0.15) is 0 Å². The Bertz CT molecular complexity index is 365. The molecule has 0 atom stereocenters. The van der Waals surface area contributed by atoms with Gasteiger partial charge in [0.15, 0.2) is 0 Å². The first-order valence-corrected chi connectivity index (χ1v) is 4.65. The number of halogens is 1. The van der Waals surface area contributed by atoms with Gasteiger partial charge in [0.05, 0.1) is 13.5 Å². The maximum Gasteiger partial charge on any atom is 0.310 e. The molecule has 14 heavy (non-hydrogen) atoms. The summed E-state index contributed by atoms with van der Waals surface area (Å²) in [6, 6.07) is 4.79. The van der Waals surface area contributed by atoms with Crippen molar-refractivity contribution in [3.8, 4) is 0 Å². The molecule has 0 amide bonds. The van der Waals surface area contributed by atoms with Crippen molar-refractivity contribution >= 4 is 27.6 Å². The van der Waals surface area contributed by atoms with Gasteiger partial charge in [0, 0.05) is 4.47 Å². The van der Waals surface area contributed by atoms with E-state index in [0.29, 0.717) is 11.3 Å². The van der Waals surface area contributed by atoms with Crippen LogP contribution >= 0.6 is 15.9 Å². The molecule has 4 nitrogen and oxygen atoms in total. The summed E-state index contributed by atoms with van der Waals surface area (Å²) < 4.78 is 5.27. The summed E-state index contributed by atoms with van der Waals surface area (Å²) in [5.74, 6) is -0.353. The van der Waals surface area contributed by atoms with E-state index < -0.39 is 0 Å². The number of nitroso groups, excluding NO2 is 1. The van der Waals surface area contributed by atoms with Crippen molar-refractivity contribution in [2.75, 3.05) is 7.11 Å². The molecule has 0 aromatic heterocycles. The van der Waals surface area contributed by atoms with Crippen LogP contribution in [0.15, 0.2) is 27.8 Å². The van der Waals surface area contributed by atoms with Gasteiger partial charge in [-0.05, 0) is 28.9 Å². The second-order valence-electron chi connectivity index (χ2n) is 2.62. The average Bonchev–Trinajstić information content (AvgIpc) is 2.21. The zero-order chi connectivity index (χ0) is 10.6. The summed E-state index contributed by atoms with van der Waals surface area (Å²) in [5.41, 5.74) is 0.987. The lowest BCUT2D eigenvalue weighted by Crippen LogP contribution is -2.04. The van der Waals surface area contributed by atoms with Gasteiger partial charge in [-0.1, -0.05) is 15.9 Å². The van der Waals surface area contributed by atoms with Crippen molar-refractivity contribution in [3.05, 3.63) is 33.1 Å². The number of carbonyl (C=O) groups is 1. The highest BCUT2D eigenvalue weighted by Gasteiger charge is 2.07. The Hall–Kier alpha value is -1.23. The molecule has 0 radical (unpaired) electrons. The molecule has 0 fully saturated rings. The van der Waals surface area contributed by atoms with Crippen molar-refractivity contribution in [2.24, 2.45) is 5.18 Å². The fraction of sp³-hybridized carbons (Fsp3) is 0.222. The maximum atomic E-state index is 11.0. The predicted molar refractivity (Wildman–Crippen MR) is 55.3 cm³/mol. The van der Waals surface area contributed by atoms with Crippen LogP contribution in [0.4, 0.5) is 5.69 Å². The highest BCUT2D eigenvalue weighted by Crippen LogP contribution is 2.23. The Morgan fingerprint density at radius 2 is 2.29 bits per heavy atom. The van der Waals surface area contributed by atoms with Crippen molar-refractivity contribution in [3.63, 3.8) is 0 Å². The first-order valence-electron chi connectivity index (χ1n) is 3.86. The van der Waals surface area contributed by atoms with E-state index in [-0.39, 0.29) is 12.4 Å². The van der Waals surface area contributed by atoms with Crippen molar-refractivity contribution in [1.82, 2.24) is 0 Å². The van der Waals surface area contributed by atoms with Crippen LogP contribution in [-0.4, -0.2) is 13.1 Å². The van der Waals surface area contributed by atoms with Gasteiger partial charge >= 0.3 is 5.97 Å².